The molecule has 104 valence electrons. The number of halogens is 1. The highest BCUT2D eigenvalue weighted by molar-refractivity contribution is 9.10. The number of benzene rings is 1. The summed E-state index contributed by atoms with van der Waals surface area (Å²) in [5.74, 6) is 0.0438. The highest BCUT2D eigenvalue weighted by Crippen LogP contribution is 2.25. The van der Waals surface area contributed by atoms with Gasteiger partial charge >= 0.3 is 0 Å². The SMILES string of the molecule is Cc1ccc(N2CCCNC(CCO)C2=O)cc1Br. The maximum absolute atomic E-state index is 12.5. The van der Waals surface area contributed by atoms with Crippen molar-refractivity contribution in [2.24, 2.45) is 0 Å². The van der Waals surface area contributed by atoms with Crippen molar-refractivity contribution in [3.8, 4) is 0 Å². The zero-order valence-electron chi connectivity index (χ0n) is 11.0. The van der Waals surface area contributed by atoms with E-state index < -0.39 is 0 Å². The van der Waals surface area contributed by atoms with Gasteiger partial charge in [-0.15, -0.1) is 0 Å². The van der Waals surface area contributed by atoms with Crippen LogP contribution in [-0.2, 0) is 4.79 Å². The monoisotopic (exact) mass is 326 g/mol. The van der Waals surface area contributed by atoms with Gasteiger partial charge in [0.15, 0.2) is 0 Å². The third-order valence-electron chi connectivity index (χ3n) is 3.40. The number of hydrogen-bond acceptors (Lipinski definition) is 3. The summed E-state index contributed by atoms with van der Waals surface area (Å²) in [5, 5.41) is 12.2. The van der Waals surface area contributed by atoms with E-state index in [1.165, 1.54) is 0 Å². The molecule has 1 unspecified atom stereocenters. The molecule has 1 aromatic carbocycles. The number of anilines is 1. The minimum Gasteiger partial charge on any atom is -0.396 e. The van der Waals surface area contributed by atoms with E-state index in [2.05, 4.69) is 21.2 Å². The molecule has 1 aliphatic rings. The molecule has 2 rings (SSSR count). The van der Waals surface area contributed by atoms with Gasteiger partial charge in [-0.3, -0.25) is 4.79 Å². The second-order valence-corrected chi connectivity index (χ2v) is 5.65. The van der Waals surface area contributed by atoms with Crippen molar-refractivity contribution in [3.05, 3.63) is 28.2 Å². The highest BCUT2D eigenvalue weighted by Gasteiger charge is 2.27. The molecule has 1 fully saturated rings. The number of aryl methyl sites for hydroxylation is 1. The molecule has 1 saturated heterocycles. The van der Waals surface area contributed by atoms with Gasteiger partial charge < -0.3 is 15.3 Å². The van der Waals surface area contributed by atoms with Crippen molar-refractivity contribution < 1.29 is 9.90 Å². The minimum atomic E-state index is -0.285. The summed E-state index contributed by atoms with van der Waals surface area (Å²) < 4.78 is 1.01. The van der Waals surface area contributed by atoms with Crippen LogP contribution in [0.25, 0.3) is 0 Å². The van der Waals surface area contributed by atoms with Crippen molar-refractivity contribution in [2.75, 3.05) is 24.6 Å². The van der Waals surface area contributed by atoms with Crippen molar-refractivity contribution in [1.29, 1.82) is 0 Å². The van der Waals surface area contributed by atoms with Gasteiger partial charge in [0.05, 0.1) is 6.04 Å². The number of amides is 1. The molecule has 0 radical (unpaired) electrons. The number of hydrogen-bond donors (Lipinski definition) is 2. The molecule has 0 saturated carbocycles. The Balaban J connectivity index is 2.25. The van der Waals surface area contributed by atoms with E-state index in [1.54, 1.807) is 0 Å². The topological polar surface area (TPSA) is 52.6 Å². The molecule has 0 bridgehead atoms. The lowest BCUT2D eigenvalue weighted by Gasteiger charge is -2.24. The van der Waals surface area contributed by atoms with Crippen LogP contribution in [0.3, 0.4) is 0 Å². The standard InChI is InChI=1S/C14H19BrN2O2/c1-10-3-4-11(9-12(10)15)17-7-2-6-16-13(5-8-18)14(17)19/h3-4,9,13,16,18H,2,5-8H2,1H3. The van der Waals surface area contributed by atoms with E-state index in [0.717, 1.165) is 28.7 Å². The minimum absolute atomic E-state index is 0.0227. The van der Waals surface area contributed by atoms with Crippen LogP contribution in [0.2, 0.25) is 0 Å². The fourth-order valence-electron chi connectivity index (χ4n) is 2.26. The number of carbonyl (C=O) groups excluding carboxylic acids is 1. The Morgan fingerprint density at radius 3 is 3.00 bits per heavy atom. The van der Waals surface area contributed by atoms with E-state index >= 15 is 0 Å². The summed E-state index contributed by atoms with van der Waals surface area (Å²) in [6.45, 7) is 3.56. The molecule has 4 nitrogen and oxygen atoms in total. The molecule has 1 heterocycles. The van der Waals surface area contributed by atoms with Gasteiger partial charge in [-0.2, -0.15) is 0 Å². The third-order valence-corrected chi connectivity index (χ3v) is 4.25. The maximum atomic E-state index is 12.5. The molecule has 1 amide bonds. The molecular formula is C14H19BrN2O2. The Hall–Kier alpha value is -0.910. The maximum Gasteiger partial charge on any atom is 0.244 e. The second-order valence-electron chi connectivity index (χ2n) is 4.80. The fourth-order valence-corrected chi connectivity index (χ4v) is 2.63. The average Bonchev–Trinajstić information content (AvgIpc) is 2.57. The van der Waals surface area contributed by atoms with Crippen LogP contribution in [0.15, 0.2) is 22.7 Å². The summed E-state index contributed by atoms with van der Waals surface area (Å²) in [7, 11) is 0. The zero-order chi connectivity index (χ0) is 13.8. The number of rotatable bonds is 3. The van der Waals surface area contributed by atoms with Gasteiger partial charge in [0.1, 0.15) is 0 Å². The van der Waals surface area contributed by atoms with E-state index in [1.807, 2.05) is 30.0 Å². The van der Waals surface area contributed by atoms with Crippen LogP contribution in [0.4, 0.5) is 5.69 Å². The number of carbonyl (C=O) groups is 1. The molecule has 19 heavy (non-hydrogen) atoms. The van der Waals surface area contributed by atoms with Crippen molar-refractivity contribution >= 4 is 27.5 Å². The van der Waals surface area contributed by atoms with Crippen LogP contribution in [0.5, 0.6) is 0 Å². The van der Waals surface area contributed by atoms with Crippen LogP contribution in [-0.4, -0.2) is 36.8 Å². The average molecular weight is 327 g/mol. The van der Waals surface area contributed by atoms with Crippen LogP contribution in [0, 0.1) is 6.92 Å². The summed E-state index contributed by atoms with van der Waals surface area (Å²) in [5.41, 5.74) is 2.06. The smallest absolute Gasteiger partial charge is 0.244 e. The Morgan fingerprint density at radius 2 is 2.32 bits per heavy atom. The van der Waals surface area contributed by atoms with Crippen molar-refractivity contribution in [2.45, 2.75) is 25.8 Å². The van der Waals surface area contributed by atoms with Crippen LogP contribution < -0.4 is 10.2 Å². The Morgan fingerprint density at radius 1 is 1.53 bits per heavy atom. The molecule has 1 aromatic rings. The fraction of sp³-hybridized carbons (Fsp3) is 0.500. The highest BCUT2D eigenvalue weighted by atomic mass is 79.9. The lowest BCUT2D eigenvalue weighted by Crippen LogP contribution is -2.44. The van der Waals surface area contributed by atoms with Crippen molar-refractivity contribution in [1.82, 2.24) is 5.32 Å². The quantitative estimate of drug-likeness (QED) is 0.891. The molecule has 0 aromatic heterocycles. The summed E-state index contributed by atoms with van der Waals surface area (Å²) in [6, 6.07) is 5.67. The molecule has 1 aliphatic heterocycles. The van der Waals surface area contributed by atoms with E-state index in [4.69, 9.17) is 5.11 Å². The summed E-state index contributed by atoms with van der Waals surface area (Å²) >= 11 is 3.50. The normalized spacial score (nSPS) is 20.5. The van der Waals surface area contributed by atoms with E-state index in [0.29, 0.717) is 13.0 Å². The number of nitrogens with zero attached hydrogens (tertiary/aromatic N) is 1. The van der Waals surface area contributed by atoms with Gasteiger partial charge in [-0.1, -0.05) is 22.0 Å². The van der Waals surface area contributed by atoms with Crippen LogP contribution >= 0.6 is 15.9 Å². The first-order valence-corrected chi connectivity index (χ1v) is 7.34. The predicted molar refractivity (Wildman–Crippen MR) is 79.3 cm³/mol. The lowest BCUT2D eigenvalue weighted by atomic mass is 10.1. The van der Waals surface area contributed by atoms with Gasteiger partial charge in [0.2, 0.25) is 5.91 Å². The number of aliphatic hydroxyl groups excluding tert-OH is 1. The lowest BCUT2D eigenvalue weighted by molar-refractivity contribution is -0.120. The van der Waals surface area contributed by atoms with Gasteiger partial charge in [-0.05, 0) is 44.0 Å². The van der Waals surface area contributed by atoms with E-state index in [-0.39, 0.29) is 18.6 Å². The number of nitrogens with one attached hydrogen (secondary N) is 1. The molecule has 1 atom stereocenters. The Bertz CT molecular complexity index is 465. The molecule has 2 N–H and O–H groups in total. The molecule has 0 aliphatic carbocycles. The number of aliphatic hydroxyl groups is 1. The first kappa shape index (κ1) is 14.5. The molecular weight excluding hydrogens is 308 g/mol. The van der Waals surface area contributed by atoms with E-state index in [9.17, 15) is 4.79 Å². The molecule has 0 spiro atoms. The van der Waals surface area contributed by atoms with Gasteiger partial charge in [0, 0.05) is 23.3 Å². The van der Waals surface area contributed by atoms with Gasteiger partial charge in [0.25, 0.3) is 0 Å². The second kappa shape index (κ2) is 6.50. The van der Waals surface area contributed by atoms with Crippen molar-refractivity contribution in [3.63, 3.8) is 0 Å². The van der Waals surface area contributed by atoms with Gasteiger partial charge in [-0.25, -0.2) is 0 Å². The summed E-state index contributed by atoms with van der Waals surface area (Å²) in [6.07, 6.45) is 1.38. The third kappa shape index (κ3) is 3.35. The summed E-state index contributed by atoms with van der Waals surface area (Å²) in [4.78, 5) is 14.3. The first-order valence-electron chi connectivity index (χ1n) is 6.55. The molecule has 5 heteroatoms. The Kier molecular flexibility index (Phi) is 4.96. The zero-order valence-corrected chi connectivity index (χ0v) is 12.6. The first-order chi connectivity index (χ1) is 9.13. The largest absolute Gasteiger partial charge is 0.396 e. The predicted octanol–water partition coefficient (Wildman–Crippen LogP) is 1.83. The van der Waals surface area contributed by atoms with Crippen LogP contribution in [0.1, 0.15) is 18.4 Å². The Labute approximate surface area is 121 Å².